The lowest BCUT2D eigenvalue weighted by molar-refractivity contribution is 1.38. The van der Waals surface area contributed by atoms with E-state index in [0.717, 1.165) is 20.5 Å². The molecule has 0 saturated heterocycles. The van der Waals surface area contributed by atoms with Crippen molar-refractivity contribution in [1.82, 2.24) is 0 Å². The summed E-state index contributed by atoms with van der Waals surface area (Å²) in [4.78, 5) is 0. The Morgan fingerprint density at radius 3 is 2.61 bits per heavy atom. The summed E-state index contributed by atoms with van der Waals surface area (Å²) in [6, 6.07) is 13.6. The van der Waals surface area contributed by atoms with Crippen LogP contribution >= 0.6 is 34.2 Å². The number of rotatable bonds is 2. The Bertz CT molecular complexity index is 632. The molecule has 0 unspecified atom stereocenters. The molecule has 0 saturated carbocycles. The van der Waals surface area contributed by atoms with Crippen LogP contribution in [-0.2, 0) is 0 Å². The summed E-state index contributed by atoms with van der Waals surface area (Å²) in [7, 11) is 0. The van der Waals surface area contributed by atoms with Gasteiger partial charge in [0.25, 0.3) is 0 Å². The van der Waals surface area contributed by atoms with E-state index in [4.69, 9.17) is 16.9 Å². The van der Waals surface area contributed by atoms with E-state index in [2.05, 4.69) is 34.0 Å². The van der Waals surface area contributed by atoms with Gasteiger partial charge in [-0.05, 0) is 71.5 Å². The van der Waals surface area contributed by atoms with E-state index >= 15 is 0 Å². The molecule has 0 aliphatic carbocycles. The predicted octanol–water partition coefficient (Wildman–Crippen LogP) is 4.87. The molecule has 0 aliphatic heterocycles. The summed E-state index contributed by atoms with van der Waals surface area (Å²) in [6.45, 7) is 1.92. The lowest BCUT2D eigenvalue weighted by Crippen LogP contribution is -1.93. The number of aryl methyl sites for hydroxylation is 1. The largest absolute Gasteiger partial charge is 0.354 e. The molecular weight excluding hydrogens is 359 g/mol. The van der Waals surface area contributed by atoms with Crippen molar-refractivity contribution < 1.29 is 0 Å². The van der Waals surface area contributed by atoms with Crippen LogP contribution in [0.25, 0.3) is 0 Å². The zero-order chi connectivity index (χ0) is 13.1. The van der Waals surface area contributed by atoms with Gasteiger partial charge in [-0.3, -0.25) is 0 Å². The zero-order valence-corrected chi connectivity index (χ0v) is 12.6. The highest BCUT2D eigenvalue weighted by Gasteiger charge is 2.03. The maximum Gasteiger partial charge on any atom is 0.0994 e. The van der Waals surface area contributed by atoms with Crippen molar-refractivity contribution in [3.63, 3.8) is 0 Å². The van der Waals surface area contributed by atoms with Crippen LogP contribution in [0, 0.1) is 21.8 Å². The Morgan fingerprint density at radius 2 is 2.00 bits per heavy atom. The molecule has 2 nitrogen and oxygen atoms in total. The van der Waals surface area contributed by atoms with E-state index < -0.39 is 0 Å². The van der Waals surface area contributed by atoms with E-state index in [0.29, 0.717) is 10.6 Å². The van der Waals surface area contributed by atoms with Crippen LogP contribution in [0.3, 0.4) is 0 Å². The van der Waals surface area contributed by atoms with Gasteiger partial charge in [0.05, 0.1) is 22.3 Å². The Labute approximate surface area is 125 Å². The third kappa shape index (κ3) is 2.95. The third-order valence-electron chi connectivity index (χ3n) is 2.56. The number of nitriles is 1. The molecular formula is C14H10ClIN2. The van der Waals surface area contributed by atoms with Crippen molar-refractivity contribution in [1.29, 1.82) is 5.26 Å². The summed E-state index contributed by atoms with van der Waals surface area (Å²) < 4.78 is 1.10. The standard InChI is InChI=1S/C14H10ClIN2/c1-9-6-12(4-2-10(9)8-17)18-14-5-3-11(16)7-13(14)15/h2-7,18H,1H3. The molecule has 4 heteroatoms. The molecule has 0 fully saturated rings. The number of nitrogens with zero attached hydrogens (tertiary/aromatic N) is 1. The van der Waals surface area contributed by atoms with Gasteiger partial charge >= 0.3 is 0 Å². The topological polar surface area (TPSA) is 35.8 Å². The quantitative estimate of drug-likeness (QED) is 0.768. The Hall–Kier alpha value is -1.25. The first kappa shape index (κ1) is 13.2. The van der Waals surface area contributed by atoms with E-state index in [9.17, 15) is 0 Å². The van der Waals surface area contributed by atoms with Crippen LogP contribution in [0.4, 0.5) is 11.4 Å². The molecule has 0 amide bonds. The van der Waals surface area contributed by atoms with E-state index in [1.165, 1.54) is 0 Å². The fourth-order valence-corrected chi connectivity index (χ4v) is 2.52. The number of anilines is 2. The van der Waals surface area contributed by atoms with Crippen LogP contribution in [0.1, 0.15) is 11.1 Å². The Balaban J connectivity index is 2.29. The summed E-state index contributed by atoms with van der Waals surface area (Å²) in [5, 5.41) is 12.8. The molecule has 0 atom stereocenters. The number of hydrogen-bond donors (Lipinski definition) is 1. The van der Waals surface area contributed by atoms with Gasteiger partial charge in [0.2, 0.25) is 0 Å². The highest BCUT2D eigenvalue weighted by molar-refractivity contribution is 14.1. The van der Waals surface area contributed by atoms with Gasteiger partial charge in [-0.2, -0.15) is 5.26 Å². The summed E-state index contributed by atoms with van der Waals surface area (Å²) in [5.41, 5.74) is 3.43. The van der Waals surface area contributed by atoms with E-state index in [1.807, 2.05) is 37.3 Å². The predicted molar refractivity (Wildman–Crippen MR) is 83.3 cm³/mol. The summed E-state index contributed by atoms with van der Waals surface area (Å²) in [6.07, 6.45) is 0. The van der Waals surface area contributed by atoms with Crippen molar-refractivity contribution in [2.45, 2.75) is 6.92 Å². The van der Waals surface area contributed by atoms with Crippen molar-refractivity contribution in [3.05, 3.63) is 56.1 Å². The normalized spacial score (nSPS) is 9.89. The molecule has 0 spiro atoms. The average molecular weight is 369 g/mol. The van der Waals surface area contributed by atoms with Gasteiger partial charge in [0, 0.05) is 9.26 Å². The van der Waals surface area contributed by atoms with Crippen molar-refractivity contribution in [2.75, 3.05) is 5.32 Å². The third-order valence-corrected chi connectivity index (χ3v) is 3.54. The maximum absolute atomic E-state index is 8.88. The molecule has 2 rings (SSSR count). The second-order valence-electron chi connectivity index (χ2n) is 3.89. The van der Waals surface area contributed by atoms with E-state index in [1.54, 1.807) is 6.07 Å². The van der Waals surface area contributed by atoms with Crippen LogP contribution in [0.5, 0.6) is 0 Å². The molecule has 1 N–H and O–H groups in total. The van der Waals surface area contributed by atoms with Gasteiger partial charge in [-0.1, -0.05) is 11.6 Å². The second-order valence-corrected chi connectivity index (χ2v) is 5.54. The summed E-state index contributed by atoms with van der Waals surface area (Å²) in [5.74, 6) is 0. The average Bonchev–Trinajstić information content (AvgIpc) is 2.33. The highest BCUT2D eigenvalue weighted by Crippen LogP contribution is 2.27. The van der Waals surface area contributed by atoms with Gasteiger partial charge < -0.3 is 5.32 Å². The molecule has 2 aromatic rings. The summed E-state index contributed by atoms with van der Waals surface area (Å²) >= 11 is 8.38. The monoisotopic (exact) mass is 368 g/mol. The molecule has 90 valence electrons. The minimum absolute atomic E-state index is 0.684. The van der Waals surface area contributed by atoms with E-state index in [-0.39, 0.29) is 0 Å². The fourth-order valence-electron chi connectivity index (χ4n) is 1.61. The SMILES string of the molecule is Cc1cc(Nc2ccc(I)cc2Cl)ccc1C#N. The van der Waals surface area contributed by atoms with Crippen molar-refractivity contribution in [2.24, 2.45) is 0 Å². The number of halogens is 2. The fraction of sp³-hybridized carbons (Fsp3) is 0.0714. The van der Waals surface area contributed by atoms with Crippen LogP contribution < -0.4 is 5.32 Å². The smallest absolute Gasteiger partial charge is 0.0994 e. The van der Waals surface area contributed by atoms with Crippen molar-refractivity contribution in [3.8, 4) is 6.07 Å². The first-order valence-corrected chi connectivity index (χ1v) is 6.78. The molecule has 0 radical (unpaired) electrons. The first-order valence-electron chi connectivity index (χ1n) is 5.33. The Morgan fingerprint density at radius 1 is 1.22 bits per heavy atom. The lowest BCUT2D eigenvalue weighted by atomic mass is 10.1. The maximum atomic E-state index is 8.88. The lowest BCUT2D eigenvalue weighted by Gasteiger charge is -2.10. The minimum atomic E-state index is 0.684. The Kier molecular flexibility index (Phi) is 4.10. The number of hydrogen-bond acceptors (Lipinski definition) is 2. The van der Waals surface area contributed by atoms with Crippen molar-refractivity contribution >= 4 is 45.6 Å². The number of nitrogens with one attached hydrogen (secondary N) is 1. The second kappa shape index (κ2) is 5.59. The van der Waals surface area contributed by atoms with Crippen LogP contribution in [-0.4, -0.2) is 0 Å². The minimum Gasteiger partial charge on any atom is -0.354 e. The van der Waals surface area contributed by atoms with Gasteiger partial charge in [0.15, 0.2) is 0 Å². The first-order chi connectivity index (χ1) is 8.60. The zero-order valence-electron chi connectivity index (χ0n) is 9.67. The van der Waals surface area contributed by atoms with Gasteiger partial charge in [0.1, 0.15) is 0 Å². The molecule has 2 aromatic carbocycles. The number of benzene rings is 2. The van der Waals surface area contributed by atoms with Gasteiger partial charge in [-0.15, -0.1) is 0 Å². The molecule has 18 heavy (non-hydrogen) atoms. The van der Waals surface area contributed by atoms with Crippen LogP contribution in [0.15, 0.2) is 36.4 Å². The van der Waals surface area contributed by atoms with Gasteiger partial charge in [-0.25, -0.2) is 0 Å². The molecule has 0 bridgehead atoms. The van der Waals surface area contributed by atoms with Crippen LogP contribution in [0.2, 0.25) is 5.02 Å². The molecule has 0 aromatic heterocycles. The molecule has 0 aliphatic rings. The molecule has 0 heterocycles. The highest BCUT2D eigenvalue weighted by atomic mass is 127.